The number of rotatable bonds is 2. The monoisotopic (exact) mass is 858 g/mol. The molecular weight excluding hydrogens is 852 g/mol. The zero-order valence-corrected chi connectivity index (χ0v) is 27.4. The van der Waals surface area contributed by atoms with Gasteiger partial charge in [-0.1, -0.05) is 63.7 Å². The molecule has 0 aromatic heterocycles. The lowest BCUT2D eigenvalue weighted by Gasteiger charge is -2.34. The van der Waals surface area contributed by atoms with Crippen molar-refractivity contribution in [3.05, 3.63) is 111 Å². The third-order valence-electron chi connectivity index (χ3n) is 5.54. The summed E-state index contributed by atoms with van der Waals surface area (Å²) < 4.78 is 4.37. The van der Waals surface area contributed by atoms with E-state index in [2.05, 4.69) is 95.6 Å². The Balaban J connectivity index is 1.89. The maximum absolute atomic E-state index is 14.4. The first-order chi connectivity index (χ1) is 17.2. The van der Waals surface area contributed by atoms with Gasteiger partial charge in [0, 0.05) is 38.2 Å². The average Bonchev–Trinajstić information content (AvgIpc) is 2.82. The van der Waals surface area contributed by atoms with Crippen molar-refractivity contribution in [1.29, 1.82) is 0 Å². The third-order valence-corrected chi connectivity index (χ3v) is 8.72. The van der Waals surface area contributed by atoms with Crippen molar-refractivity contribution in [3.8, 4) is 0 Å². The van der Waals surface area contributed by atoms with E-state index >= 15 is 0 Å². The number of benzene rings is 4. The van der Waals surface area contributed by atoms with Crippen LogP contribution in [0.2, 0.25) is 0 Å². The van der Waals surface area contributed by atoms with Crippen LogP contribution in [0.5, 0.6) is 0 Å². The van der Waals surface area contributed by atoms with Crippen molar-refractivity contribution in [1.82, 2.24) is 0 Å². The molecule has 0 aliphatic carbocycles. The topological polar surface area (TPSA) is 40.6 Å². The van der Waals surface area contributed by atoms with Crippen LogP contribution >= 0.6 is 95.6 Å². The van der Waals surface area contributed by atoms with E-state index < -0.39 is 0 Å². The molecule has 1 aliphatic rings. The van der Waals surface area contributed by atoms with Crippen LogP contribution in [0, 0.1) is 0 Å². The second-order valence-electron chi connectivity index (χ2n) is 7.80. The number of hydrogen-bond donors (Lipinski definition) is 0. The first kappa shape index (κ1) is 26.3. The summed E-state index contributed by atoms with van der Waals surface area (Å²) in [7, 11) is 0. The van der Waals surface area contributed by atoms with Crippen LogP contribution in [-0.2, 0) is 0 Å². The predicted molar refractivity (Wildman–Crippen MR) is 165 cm³/mol. The maximum Gasteiger partial charge on any atom is 0.265 e. The highest BCUT2D eigenvalue weighted by molar-refractivity contribution is 9.11. The smallest absolute Gasteiger partial charge is 0.265 e. The summed E-state index contributed by atoms with van der Waals surface area (Å²) in [5.41, 5.74) is 2.88. The molecule has 36 heavy (non-hydrogen) atoms. The van der Waals surface area contributed by atoms with Gasteiger partial charge in [-0.05, 0) is 105 Å². The van der Waals surface area contributed by atoms with Crippen LogP contribution in [-0.4, -0.2) is 11.8 Å². The number of anilines is 4. The van der Waals surface area contributed by atoms with E-state index in [9.17, 15) is 9.59 Å². The Morgan fingerprint density at radius 2 is 0.778 bits per heavy atom. The van der Waals surface area contributed by atoms with Crippen LogP contribution < -0.4 is 9.80 Å². The second kappa shape index (κ2) is 10.5. The number of hydrogen-bond acceptors (Lipinski definition) is 2. The molecule has 180 valence electrons. The van der Waals surface area contributed by atoms with Gasteiger partial charge in [0.1, 0.15) is 0 Å². The van der Waals surface area contributed by atoms with Gasteiger partial charge in [-0.3, -0.25) is 19.4 Å². The normalized spacial score (nSPS) is 13.3. The van der Waals surface area contributed by atoms with Crippen molar-refractivity contribution in [2.45, 2.75) is 0 Å². The van der Waals surface area contributed by atoms with Gasteiger partial charge in [0.2, 0.25) is 0 Å². The number of amides is 2. The fraction of sp³-hybridized carbons (Fsp3) is 0. The van der Waals surface area contributed by atoms with Crippen LogP contribution in [0.25, 0.3) is 0 Å². The second-order valence-corrected chi connectivity index (χ2v) is 13.2. The molecule has 0 saturated carbocycles. The molecule has 4 nitrogen and oxygen atoms in total. The summed E-state index contributed by atoms with van der Waals surface area (Å²) in [6.45, 7) is 0. The molecule has 0 fully saturated rings. The van der Waals surface area contributed by atoms with E-state index in [4.69, 9.17) is 0 Å². The minimum Gasteiger partial charge on any atom is -0.275 e. The Bertz CT molecular complexity index is 1420. The van der Waals surface area contributed by atoms with Gasteiger partial charge < -0.3 is 0 Å². The van der Waals surface area contributed by atoms with Crippen LogP contribution in [0.15, 0.2) is 99.6 Å². The summed E-state index contributed by atoms with van der Waals surface area (Å²) in [5, 5.41) is 0. The minimum atomic E-state index is -0.284. The van der Waals surface area contributed by atoms with E-state index in [1.807, 2.05) is 60.7 Å². The first-order valence-electron chi connectivity index (χ1n) is 10.3. The Hall–Kier alpha value is -1.30. The lowest BCUT2D eigenvalue weighted by Crippen LogP contribution is -2.37. The molecule has 0 spiro atoms. The summed E-state index contributed by atoms with van der Waals surface area (Å²) >= 11 is 21.2. The lowest BCUT2D eigenvalue weighted by atomic mass is 10.0. The molecule has 0 bridgehead atoms. The van der Waals surface area contributed by atoms with Crippen LogP contribution in [0.4, 0.5) is 22.7 Å². The van der Waals surface area contributed by atoms with Crippen molar-refractivity contribution >= 4 is 130 Å². The first-order valence-corrected chi connectivity index (χ1v) is 15.1. The summed E-state index contributed by atoms with van der Waals surface area (Å²) in [6, 6.07) is 21.9. The predicted octanol–water partition coefficient (Wildman–Crippen LogP) is 10.5. The van der Waals surface area contributed by atoms with E-state index in [0.29, 0.717) is 51.8 Å². The number of carbonyl (C=O) groups excluding carboxylic acids is 2. The van der Waals surface area contributed by atoms with E-state index in [1.54, 1.807) is 21.9 Å². The van der Waals surface area contributed by atoms with E-state index in [0.717, 1.165) is 8.95 Å². The fourth-order valence-electron chi connectivity index (χ4n) is 4.03. The van der Waals surface area contributed by atoms with E-state index in [1.165, 1.54) is 0 Å². The van der Waals surface area contributed by atoms with Gasteiger partial charge in [0.05, 0.1) is 22.5 Å². The highest BCUT2D eigenvalue weighted by atomic mass is 79.9. The number of carbonyl (C=O) groups is 2. The van der Waals surface area contributed by atoms with Gasteiger partial charge in [0.25, 0.3) is 11.8 Å². The van der Waals surface area contributed by atoms with Gasteiger partial charge in [0.15, 0.2) is 0 Å². The molecule has 0 N–H and O–H groups in total. The summed E-state index contributed by atoms with van der Waals surface area (Å²) in [5.74, 6) is -0.568. The van der Waals surface area contributed by atoms with Gasteiger partial charge >= 0.3 is 0 Å². The molecule has 10 heteroatoms. The van der Waals surface area contributed by atoms with Gasteiger partial charge in [-0.15, -0.1) is 0 Å². The highest BCUT2D eigenvalue weighted by Crippen LogP contribution is 2.47. The van der Waals surface area contributed by atoms with Crippen molar-refractivity contribution in [3.63, 3.8) is 0 Å². The third kappa shape index (κ3) is 4.80. The van der Waals surface area contributed by atoms with Crippen LogP contribution in [0.3, 0.4) is 0 Å². The maximum atomic E-state index is 14.4. The molecule has 1 aliphatic heterocycles. The summed E-state index contributed by atoms with van der Waals surface area (Å²) in [4.78, 5) is 32.0. The van der Waals surface area contributed by atoms with Crippen molar-refractivity contribution in [2.75, 3.05) is 9.80 Å². The largest absolute Gasteiger partial charge is 0.275 e. The van der Waals surface area contributed by atoms with Gasteiger partial charge in [-0.25, -0.2) is 0 Å². The Morgan fingerprint density at radius 3 is 1.11 bits per heavy atom. The van der Waals surface area contributed by atoms with Crippen molar-refractivity contribution < 1.29 is 9.59 Å². The summed E-state index contributed by atoms with van der Waals surface area (Å²) in [6.07, 6.45) is 0. The molecule has 0 atom stereocenters. The Morgan fingerprint density at radius 1 is 0.444 bits per heavy atom. The lowest BCUT2D eigenvalue weighted by molar-refractivity contribution is 0.0988. The van der Waals surface area contributed by atoms with Crippen molar-refractivity contribution in [2.24, 2.45) is 0 Å². The Kier molecular flexibility index (Phi) is 7.64. The number of halogens is 6. The standard InChI is InChI=1S/C26H12Br6N2O2/c27-13-1-5-17(6-2-13)33-23-19(9-15(29)11-21(23)31)26(36)34(18-7-3-14(28)4-8-18)24-20(25(33)35)10-16(30)12-22(24)32/h1-12H. The van der Waals surface area contributed by atoms with Gasteiger partial charge in [-0.2, -0.15) is 0 Å². The molecule has 0 unspecified atom stereocenters. The quantitative estimate of drug-likeness (QED) is 0.201. The SMILES string of the molecule is O=C1c2cc(Br)cc(Br)c2N(c2ccc(Br)cc2)C(=O)c2cc(Br)cc(Br)c2N1c1ccc(Br)cc1. The molecule has 0 saturated heterocycles. The zero-order valence-electron chi connectivity index (χ0n) is 17.9. The fourth-order valence-corrected chi connectivity index (χ4v) is 7.36. The molecule has 2 amide bonds. The number of nitrogens with zero attached hydrogens (tertiary/aromatic N) is 2. The number of fused-ring (bicyclic) bond motifs is 2. The van der Waals surface area contributed by atoms with E-state index in [-0.39, 0.29) is 11.8 Å². The minimum absolute atomic E-state index is 0.284. The molecule has 4 aromatic rings. The highest BCUT2D eigenvalue weighted by Gasteiger charge is 2.37. The van der Waals surface area contributed by atoms with Crippen LogP contribution in [0.1, 0.15) is 20.7 Å². The molecule has 0 radical (unpaired) electrons. The molecule has 5 rings (SSSR count). The molecular formula is C26H12Br6N2O2. The zero-order chi connectivity index (χ0) is 25.7. The average molecular weight is 864 g/mol. The molecule has 1 heterocycles. The Labute approximate surface area is 257 Å². The molecule has 4 aromatic carbocycles.